The van der Waals surface area contributed by atoms with Crippen LogP contribution in [-0.4, -0.2) is 59.3 Å². The summed E-state index contributed by atoms with van der Waals surface area (Å²) in [6.45, 7) is 4.30. The first-order chi connectivity index (χ1) is 16.7. The molecule has 7 heteroatoms. The minimum absolute atomic E-state index is 0.365. The molecule has 2 aromatic carbocycles. The molecule has 1 fully saturated rings. The molecule has 0 aliphatic carbocycles. The summed E-state index contributed by atoms with van der Waals surface area (Å²) < 4.78 is 4.74. The number of esters is 1. The van der Waals surface area contributed by atoms with Crippen LogP contribution < -0.4 is 4.90 Å². The van der Waals surface area contributed by atoms with Gasteiger partial charge >= 0.3 is 5.97 Å². The van der Waals surface area contributed by atoms with Gasteiger partial charge in [-0.3, -0.25) is 9.88 Å². The van der Waals surface area contributed by atoms with Gasteiger partial charge < -0.3 is 9.64 Å². The fourth-order valence-corrected chi connectivity index (χ4v) is 4.40. The maximum atomic E-state index is 11.6. The summed E-state index contributed by atoms with van der Waals surface area (Å²) in [5, 5.41) is 11.6. The van der Waals surface area contributed by atoms with E-state index < -0.39 is 0 Å². The Morgan fingerprint density at radius 3 is 2.32 bits per heavy atom. The zero-order valence-electron chi connectivity index (χ0n) is 19.2. The quantitative estimate of drug-likeness (QED) is 0.412. The molecule has 1 saturated heterocycles. The van der Waals surface area contributed by atoms with Crippen molar-refractivity contribution in [1.29, 1.82) is 0 Å². The summed E-state index contributed by atoms with van der Waals surface area (Å²) in [7, 11) is 1.38. The number of carbonyl (C=O) groups is 1. The minimum atomic E-state index is -0.365. The van der Waals surface area contributed by atoms with Crippen molar-refractivity contribution < 1.29 is 9.53 Å². The van der Waals surface area contributed by atoms with Gasteiger partial charge in [-0.05, 0) is 17.7 Å². The van der Waals surface area contributed by atoms with Gasteiger partial charge in [0.15, 0.2) is 5.82 Å². The van der Waals surface area contributed by atoms with Gasteiger partial charge in [-0.15, -0.1) is 5.10 Å². The number of ether oxygens (including phenoxy) is 1. The maximum Gasteiger partial charge on any atom is 0.339 e. The standard InChI is InChI=1S/C27H27N5O2/c1-34-27(33)21-11-12-22(28-18-21)19-31-13-15-32(16-14-31)26-24-10-6-5-9-23(24)25(29-30-26)17-20-7-3-2-4-8-20/h2-12,18H,13-17,19H2,1H3. The largest absolute Gasteiger partial charge is 0.465 e. The molecule has 34 heavy (non-hydrogen) atoms. The van der Waals surface area contributed by atoms with Crippen LogP contribution in [-0.2, 0) is 17.7 Å². The Labute approximate surface area is 199 Å². The molecule has 1 aliphatic heterocycles. The van der Waals surface area contributed by atoms with E-state index in [4.69, 9.17) is 4.74 Å². The molecule has 0 N–H and O–H groups in total. The highest BCUT2D eigenvalue weighted by molar-refractivity contribution is 5.93. The molecule has 0 amide bonds. The van der Waals surface area contributed by atoms with Crippen LogP contribution in [0, 0.1) is 0 Å². The van der Waals surface area contributed by atoms with Gasteiger partial charge in [-0.2, -0.15) is 5.10 Å². The van der Waals surface area contributed by atoms with Gasteiger partial charge in [0.2, 0.25) is 0 Å². The molecule has 0 bridgehead atoms. The van der Waals surface area contributed by atoms with Crippen LogP contribution in [0.15, 0.2) is 72.9 Å². The van der Waals surface area contributed by atoms with Crippen LogP contribution in [0.5, 0.6) is 0 Å². The Morgan fingerprint density at radius 2 is 1.62 bits per heavy atom. The molecule has 1 aliphatic rings. The van der Waals surface area contributed by atoms with Crippen LogP contribution in [0.4, 0.5) is 5.82 Å². The summed E-state index contributed by atoms with van der Waals surface area (Å²) in [6.07, 6.45) is 2.35. The summed E-state index contributed by atoms with van der Waals surface area (Å²) in [5.74, 6) is 0.586. The average Bonchev–Trinajstić information content (AvgIpc) is 2.90. The van der Waals surface area contributed by atoms with Crippen molar-refractivity contribution in [2.24, 2.45) is 0 Å². The third-order valence-corrected chi connectivity index (χ3v) is 6.26. The van der Waals surface area contributed by atoms with Crippen molar-refractivity contribution in [3.63, 3.8) is 0 Å². The van der Waals surface area contributed by atoms with E-state index in [2.05, 4.69) is 73.5 Å². The molecule has 0 spiro atoms. The van der Waals surface area contributed by atoms with E-state index in [-0.39, 0.29) is 5.97 Å². The fourth-order valence-electron chi connectivity index (χ4n) is 4.40. The zero-order chi connectivity index (χ0) is 23.3. The number of nitrogens with zero attached hydrogens (tertiary/aromatic N) is 5. The Balaban J connectivity index is 1.27. The number of benzene rings is 2. The number of piperazine rings is 1. The molecule has 172 valence electrons. The molecule has 0 saturated carbocycles. The molecule has 2 aromatic heterocycles. The number of hydrogen-bond donors (Lipinski definition) is 0. The number of carbonyl (C=O) groups excluding carboxylic acids is 1. The van der Waals surface area contributed by atoms with Crippen LogP contribution in [0.25, 0.3) is 10.8 Å². The average molecular weight is 454 g/mol. The van der Waals surface area contributed by atoms with Gasteiger partial charge in [-0.25, -0.2) is 4.79 Å². The number of fused-ring (bicyclic) bond motifs is 1. The van der Waals surface area contributed by atoms with E-state index in [1.807, 2.05) is 12.1 Å². The monoisotopic (exact) mass is 453 g/mol. The van der Waals surface area contributed by atoms with E-state index in [1.54, 1.807) is 12.3 Å². The van der Waals surface area contributed by atoms with Crippen LogP contribution in [0.3, 0.4) is 0 Å². The summed E-state index contributed by atoms with van der Waals surface area (Å²) in [5.41, 5.74) is 3.65. The molecule has 0 unspecified atom stereocenters. The Bertz CT molecular complexity index is 1270. The third kappa shape index (κ3) is 4.75. The number of methoxy groups -OCH3 is 1. The first kappa shape index (κ1) is 22.0. The van der Waals surface area contributed by atoms with Crippen molar-refractivity contribution >= 4 is 22.6 Å². The normalized spacial score (nSPS) is 14.3. The predicted molar refractivity (Wildman–Crippen MR) is 132 cm³/mol. The Morgan fingerprint density at radius 1 is 0.882 bits per heavy atom. The lowest BCUT2D eigenvalue weighted by Crippen LogP contribution is -2.46. The molecule has 3 heterocycles. The molecule has 0 radical (unpaired) electrons. The SMILES string of the molecule is COC(=O)c1ccc(CN2CCN(c3nnc(Cc4ccccc4)c4ccccc34)CC2)nc1. The van der Waals surface area contributed by atoms with Gasteiger partial charge in [-0.1, -0.05) is 54.6 Å². The van der Waals surface area contributed by atoms with Crippen molar-refractivity contribution in [2.45, 2.75) is 13.0 Å². The van der Waals surface area contributed by atoms with Crippen molar-refractivity contribution in [2.75, 3.05) is 38.2 Å². The highest BCUT2D eigenvalue weighted by atomic mass is 16.5. The summed E-state index contributed by atoms with van der Waals surface area (Å²) in [6, 6.07) is 22.5. The highest BCUT2D eigenvalue weighted by Gasteiger charge is 2.21. The fraction of sp³-hybridized carbons (Fsp3) is 0.259. The first-order valence-electron chi connectivity index (χ1n) is 11.5. The third-order valence-electron chi connectivity index (χ3n) is 6.26. The smallest absolute Gasteiger partial charge is 0.339 e. The van der Waals surface area contributed by atoms with Crippen molar-refractivity contribution in [3.8, 4) is 0 Å². The number of rotatable bonds is 6. The van der Waals surface area contributed by atoms with Crippen LogP contribution in [0.1, 0.15) is 27.3 Å². The van der Waals surface area contributed by atoms with Crippen LogP contribution >= 0.6 is 0 Å². The molecular formula is C27H27N5O2. The first-order valence-corrected chi connectivity index (χ1v) is 11.5. The zero-order valence-corrected chi connectivity index (χ0v) is 19.2. The number of anilines is 1. The second-order valence-corrected chi connectivity index (χ2v) is 8.47. The van der Waals surface area contributed by atoms with Gasteiger partial charge in [0.25, 0.3) is 0 Å². The number of aromatic nitrogens is 3. The van der Waals surface area contributed by atoms with Gasteiger partial charge in [0.1, 0.15) is 0 Å². The minimum Gasteiger partial charge on any atom is -0.465 e. The molecular weight excluding hydrogens is 426 g/mol. The topological polar surface area (TPSA) is 71.5 Å². The lowest BCUT2D eigenvalue weighted by molar-refractivity contribution is 0.0600. The lowest BCUT2D eigenvalue weighted by Gasteiger charge is -2.35. The van der Waals surface area contributed by atoms with E-state index >= 15 is 0 Å². The second-order valence-electron chi connectivity index (χ2n) is 8.47. The van der Waals surface area contributed by atoms with Crippen molar-refractivity contribution in [1.82, 2.24) is 20.1 Å². The van der Waals surface area contributed by atoms with E-state index in [1.165, 1.54) is 12.7 Å². The summed E-state index contributed by atoms with van der Waals surface area (Å²) in [4.78, 5) is 20.7. The molecule has 4 aromatic rings. The van der Waals surface area contributed by atoms with Gasteiger partial charge in [0, 0.05) is 56.1 Å². The Hall–Kier alpha value is -3.84. The van der Waals surface area contributed by atoms with Gasteiger partial charge in [0.05, 0.1) is 24.1 Å². The van der Waals surface area contributed by atoms with E-state index in [0.717, 1.165) is 67.1 Å². The lowest BCUT2D eigenvalue weighted by atomic mass is 10.0. The highest BCUT2D eigenvalue weighted by Crippen LogP contribution is 2.28. The summed E-state index contributed by atoms with van der Waals surface area (Å²) >= 11 is 0. The van der Waals surface area contributed by atoms with Crippen LogP contribution in [0.2, 0.25) is 0 Å². The van der Waals surface area contributed by atoms with Crippen molar-refractivity contribution in [3.05, 3.63) is 95.4 Å². The molecule has 0 atom stereocenters. The van der Waals surface area contributed by atoms with E-state index in [9.17, 15) is 4.79 Å². The number of hydrogen-bond acceptors (Lipinski definition) is 7. The van der Waals surface area contributed by atoms with E-state index in [0.29, 0.717) is 5.56 Å². The second kappa shape index (κ2) is 9.97. The predicted octanol–water partition coefficient (Wildman–Crippen LogP) is 3.72. The number of pyridine rings is 1. The maximum absolute atomic E-state index is 11.6. The molecule has 7 nitrogen and oxygen atoms in total. The molecule has 5 rings (SSSR count). The Kier molecular flexibility index (Phi) is 6.44.